The minimum absolute atomic E-state index is 0.187. The highest BCUT2D eigenvalue weighted by Crippen LogP contribution is 2.34. The van der Waals surface area contributed by atoms with Gasteiger partial charge in [-0.1, -0.05) is 6.07 Å². The molecule has 0 unspecified atom stereocenters. The van der Waals surface area contributed by atoms with E-state index in [-0.39, 0.29) is 18.4 Å². The average Bonchev–Trinajstić information content (AvgIpc) is 3.09. The van der Waals surface area contributed by atoms with Gasteiger partial charge in [0.25, 0.3) is 5.91 Å². The second-order valence-electron chi connectivity index (χ2n) is 6.29. The molecule has 1 aliphatic heterocycles. The summed E-state index contributed by atoms with van der Waals surface area (Å²) >= 11 is 0. The van der Waals surface area contributed by atoms with E-state index in [1.54, 1.807) is 30.5 Å². The van der Waals surface area contributed by atoms with Crippen LogP contribution in [0.15, 0.2) is 48.7 Å². The molecule has 0 saturated heterocycles. The predicted octanol–water partition coefficient (Wildman–Crippen LogP) is 3.82. The number of rotatable bonds is 4. The number of anilines is 3. The van der Waals surface area contributed by atoms with Crippen LogP contribution in [0.4, 0.5) is 17.3 Å². The molecule has 1 aliphatic rings. The lowest BCUT2D eigenvalue weighted by Crippen LogP contribution is -2.14. The van der Waals surface area contributed by atoms with E-state index in [2.05, 4.69) is 26.7 Å². The lowest BCUT2D eigenvalue weighted by Gasteiger charge is -2.09. The third kappa shape index (κ3) is 3.82. The minimum Gasteiger partial charge on any atom is -0.454 e. The van der Waals surface area contributed by atoms with E-state index < -0.39 is 0 Å². The van der Waals surface area contributed by atoms with Gasteiger partial charge in [-0.15, -0.1) is 0 Å². The van der Waals surface area contributed by atoms with Gasteiger partial charge in [-0.25, -0.2) is 9.97 Å². The van der Waals surface area contributed by atoms with Gasteiger partial charge in [0.05, 0.1) is 0 Å². The maximum Gasteiger partial charge on any atom is 0.274 e. The first kappa shape index (κ1) is 16.8. The molecule has 1 amide bonds. The van der Waals surface area contributed by atoms with Crippen molar-refractivity contribution in [2.24, 2.45) is 0 Å². The van der Waals surface area contributed by atoms with Crippen LogP contribution in [0.5, 0.6) is 11.5 Å². The van der Waals surface area contributed by atoms with Gasteiger partial charge in [0.2, 0.25) is 12.7 Å². The summed E-state index contributed by atoms with van der Waals surface area (Å²) in [5, 5.41) is 5.94. The minimum atomic E-state index is -0.334. The number of carbonyl (C=O) groups excluding carboxylic acids is 1. The van der Waals surface area contributed by atoms with Crippen LogP contribution in [0.1, 0.15) is 21.6 Å². The fourth-order valence-electron chi connectivity index (χ4n) is 2.89. The molecule has 2 heterocycles. The molecule has 0 atom stereocenters. The van der Waals surface area contributed by atoms with Gasteiger partial charge in [0.15, 0.2) is 11.5 Å². The van der Waals surface area contributed by atoms with E-state index in [9.17, 15) is 4.79 Å². The molecule has 0 aliphatic carbocycles. The summed E-state index contributed by atoms with van der Waals surface area (Å²) in [4.78, 5) is 21.0. The van der Waals surface area contributed by atoms with E-state index in [4.69, 9.17) is 9.47 Å². The first-order chi connectivity index (χ1) is 13.1. The number of aromatic nitrogens is 2. The lowest BCUT2D eigenvalue weighted by atomic mass is 10.1. The lowest BCUT2D eigenvalue weighted by molar-refractivity contribution is 0.102. The molecule has 4 rings (SSSR count). The highest BCUT2D eigenvalue weighted by Gasteiger charge is 2.15. The molecule has 0 fully saturated rings. The summed E-state index contributed by atoms with van der Waals surface area (Å²) in [7, 11) is 0. The van der Waals surface area contributed by atoms with Crippen LogP contribution in [0, 0.1) is 13.8 Å². The Labute approximate surface area is 156 Å². The molecule has 0 saturated carbocycles. The first-order valence-corrected chi connectivity index (χ1v) is 8.46. The van der Waals surface area contributed by atoms with Gasteiger partial charge < -0.3 is 20.1 Å². The van der Waals surface area contributed by atoms with Crippen LogP contribution in [0.3, 0.4) is 0 Å². The summed E-state index contributed by atoms with van der Waals surface area (Å²) < 4.78 is 10.6. The predicted molar refractivity (Wildman–Crippen MR) is 102 cm³/mol. The van der Waals surface area contributed by atoms with E-state index in [0.717, 1.165) is 16.8 Å². The quantitative estimate of drug-likeness (QED) is 0.734. The van der Waals surface area contributed by atoms with Crippen molar-refractivity contribution in [1.82, 2.24) is 9.97 Å². The Morgan fingerprint density at radius 1 is 0.963 bits per heavy atom. The van der Waals surface area contributed by atoms with Crippen LogP contribution in [0.25, 0.3) is 0 Å². The third-order valence-electron chi connectivity index (χ3n) is 4.00. The SMILES string of the molecule is Cc1cc(C)cc(Nc2nccc(C(=O)Nc3ccc4c(c3)OCO4)n2)c1. The highest BCUT2D eigenvalue weighted by atomic mass is 16.7. The molecule has 0 spiro atoms. The number of benzene rings is 2. The van der Waals surface area contributed by atoms with Gasteiger partial charge in [-0.05, 0) is 55.3 Å². The second-order valence-corrected chi connectivity index (χ2v) is 6.29. The van der Waals surface area contributed by atoms with Gasteiger partial charge in [-0.3, -0.25) is 4.79 Å². The van der Waals surface area contributed by atoms with Gasteiger partial charge in [0.1, 0.15) is 5.69 Å². The van der Waals surface area contributed by atoms with Crippen molar-refractivity contribution in [2.75, 3.05) is 17.4 Å². The highest BCUT2D eigenvalue weighted by molar-refractivity contribution is 6.03. The molecule has 2 aromatic carbocycles. The number of carbonyl (C=O) groups is 1. The van der Waals surface area contributed by atoms with Gasteiger partial charge in [-0.2, -0.15) is 0 Å². The Hall–Kier alpha value is -3.61. The van der Waals surface area contributed by atoms with Crippen LogP contribution >= 0.6 is 0 Å². The summed E-state index contributed by atoms with van der Waals surface area (Å²) in [6.45, 7) is 4.23. The topological polar surface area (TPSA) is 85.4 Å². The van der Waals surface area contributed by atoms with E-state index >= 15 is 0 Å². The van der Waals surface area contributed by atoms with E-state index in [0.29, 0.717) is 23.1 Å². The maximum atomic E-state index is 12.5. The van der Waals surface area contributed by atoms with Crippen molar-refractivity contribution >= 4 is 23.2 Å². The number of nitrogens with one attached hydrogen (secondary N) is 2. The zero-order valence-electron chi connectivity index (χ0n) is 14.9. The standard InChI is InChI=1S/C20H18N4O3/c1-12-7-13(2)9-15(8-12)23-20-21-6-5-16(24-20)19(25)22-14-3-4-17-18(10-14)27-11-26-17/h3-10H,11H2,1-2H3,(H,22,25)(H,21,23,24). The summed E-state index contributed by atoms with van der Waals surface area (Å²) in [5.74, 6) is 1.29. The van der Waals surface area contributed by atoms with Crippen molar-refractivity contribution in [2.45, 2.75) is 13.8 Å². The number of aryl methyl sites for hydroxylation is 2. The van der Waals surface area contributed by atoms with Crippen LogP contribution in [-0.2, 0) is 0 Å². The normalized spacial score (nSPS) is 11.9. The molecule has 1 aromatic heterocycles. The molecule has 7 nitrogen and oxygen atoms in total. The van der Waals surface area contributed by atoms with Crippen molar-refractivity contribution in [3.05, 3.63) is 65.5 Å². The molecular weight excluding hydrogens is 344 g/mol. The number of amides is 1. The van der Waals surface area contributed by atoms with Gasteiger partial charge in [0, 0.05) is 23.6 Å². The zero-order chi connectivity index (χ0) is 18.8. The number of nitrogens with zero attached hydrogens (tertiary/aromatic N) is 2. The van der Waals surface area contributed by atoms with Crippen molar-refractivity contribution < 1.29 is 14.3 Å². The smallest absolute Gasteiger partial charge is 0.274 e. The first-order valence-electron chi connectivity index (χ1n) is 8.46. The summed E-state index contributed by atoms with van der Waals surface area (Å²) in [6.07, 6.45) is 1.55. The molecule has 27 heavy (non-hydrogen) atoms. The van der Waals surface area contributed by atoms with Gasteiger partial charge >= 0.3 is 0 Å². The molecule has 0 bridgehead atoms. The monoisotopic (exact) mass is 362 g/mol. The number of fused-ring (bicyclic) bond motifs is 1. The van der Waals surface area contributed by atoms with Crippen molar-refractivity contribution in [1.29, 1.82) is 0 Å². The Morgan fingerprint density at radius 3 is 2.56 bits per heavy atom. The van der Waals surface area contributed by atoms with Crippen molar-refractivity contribution in [3.63, 3.8) is 0 Å². The molecular formula is C20H18N4O3. The maximum absolute atomic E-state index is 12.5. The number of hydrogen-bond acceptors (Lipinski definition) is 6. The van der Waals surface area contributed by atoms with Crippen molar-refractivity contribution in [3.8, 4) is 11.5 Å². The van der Waals surface area contributed by atoms with Crippen LogP contribution in [-0.4, -0.2) is 22.7 Å². The van der Waals surface area contributed by atoms with E-state index in [1.807, 2.05) is 26.0 Å². The molecule has 0 radical (unpaired) electrons. The summed E-state index contributed by atoms with van der Waals surface area (Å²) in [5.41, 5.74) is 4.01. The zero-order valence-corrected chi connectivity index (χ0v) is 14.9. The largest absolute Gasteiger partial charge is 0.454 e. The third-order valence-corrected chi connectivity index (χ3v) is 4.00. The van der Waals surface area contributed by atoms with E-state index in [1.165, 1.54) is 0 Å². The Balaban J connectivity index is 1.50. The van der Waals surface area contributed by atoms with Crippen LogP contribution < -0.4 is 20.1 Å². The second kappa shape index (κ2) is 6.95. The average molecular weight is 362 g/mol. The summed E-state index contributed by atoms with van der Waals surface area (Å²) in [6, 6.07) is 12.9. The number of ether oxygens (including phenoxy) is 2. The molecule has 2 N–H and O–H groups in total. The Bertz CT molecular complexity index is 1000. The fraction of sp³-hybridized carbons (Fsp3) is 0.150. The Kier molecular flexibility index (Phi) is 4.33. The Morgan fingerprint density at radius 2 is 1.74 bits per heavy atom. The molecule has 136 valence electrons. The number of hydrogen-bond donors (Lipinski definition) is 2. The van der Waals surface area contributed by atoms with Crippen LogP contribution in [0.2, 0.25) is 0 Å². The fourth-order valence-corrected chi connectivity index (χ4v) is 2.89. The molecule has 3 aromatic rings. The molecule has 7 heteroatoms.